The number of thioether (sulfide) groups is 1. The zero-order valence-corrected chi connectivity index (χ0v) is 10.9. The lowest BCUT2D eigenvalue weighted by Crippen LogP contribution is -2.43. The highest BCUT2D eigenvalue weighted by atomic mass is 32.2. The maximum Gasteiger partial charge on any atom is 0.339 e. The average molecular weight is 273 g/mol. The number of carbonyl (C=O) groups excluding carboxylic acids is 1. The molecule has 1 unspecified atom stereocenters. The van der Waals surface area contributed by atoms with Crippen molar-refractivity contribution in [3.8, 4) is 0 Å². The van der Waals surface area contributed by atoms with E-state index in [1.165, 1.54) is 4.68 Å². The summed E-state index contributed by atoms with van der Waals surface area (Å²) < 4.78 is 1.33. The molecule has 1 atom stereocenters. The molecular formula is C9H15N5O3S. The number of rotatable bonds is 6. The Balaban J connectivity index is 2.79. The predicted molar refractivity (Wildman–Crippen MR) is 67.5 cm³/mol. The molecule has 0 fully saturated rings. The molecule has 4 N–H and O–H groups in total. The number of hydrogen-bond donors (Lipinski definition) is 3. The van der Waals surface area contributed by atoms with E-state index in [1.807, 2.05) is 6.92 Å². The molecule has 1 amide bonds. The molecule has 18 heavy (non-hydrogen) atoms. The molecule has 100 valence electrons. The molecular weight excluding hydrogens is 258 g/mol. The minimum absolute atomic E-state index is 0.323. The van der Waals surface area contributed by atoms with Crippen LogP contribution in [0.4, 0.5) is 0 Å². The van der Waals surface area contributed by atoms with E-state index < -0.39 is 23.1 Å². The van der Waals surface area contributed by atoms with Crippen molar-refractivity contribution < 1.29 is 4.79 Å². The minimum atomic E-state index is -0.852. The van der Waals surface area contributed by atoms with E-state index in [0.29, 0.717) is 17.5 Å². The number of aromatic amines is 1. The molecule has 9 heteroatoms. The summed E-state index contributed by atoms with van der Waals surface area (Å²) in [6.45, 7) is 2.46. The summed E-state index contributed by atoms with van der Waals surface area (Å²) >= 11 is 1.16. The summed E-state index contributed by atoms with van der Waals surface area (Å²) in [5.74, 6) is -0.144. The van der Waals surface area contributed by atoms with Gasteiger partial charge in [-0.2, -0.15) is 4.98 Å². The first-order valence-electron chi connectivity index (χ1n) is 5.28. The van der Waals surface area contributed by atoms with Crippen LogP contribution < -0.4 is 22.2 Å². The highest BCUT2D eigenvalue weighted by Gasteiger charge is 2.15. The summed E-state index contributed by atoms with van der Waals surface area (Å²) in [7, 11) is 1.56. The first kappa shape index (κ1) is 14.5. The summed E-state index contributed by atoms with van der Waals surface area (Å²) in [5.41, 5.74) is 3.59. The fourth-order valence-electron chi connectivity index (χ4n) is 1.24. The number of primary amides is 1. The Labute approximate surface area is 107 Å². The second kappa shape index (κ2) is 6.36. The van der Waals surface area contributed by atoms with Crippen LogP contribution in [0.1, 0.15) is 6.92 Å². The summed E-state index contributed by atoms with van der Waals surface area (Å²) in [6, 6.07) is -0.510. The lowest BCUT2D eigenvalue weighted by atomic mass is 10.3. The van der Waals surface area contributed by atoms with E-state index in [9.17, 15) is 14.4 Å². The van der Waals surface area contributed by atoms with Gasteiger partial charge in [-0.15, -0.1) is 0 Å². The van der Waals surface area contributed by atoms with Crippen molar-refractivity contribution in [2.75, 3.05) is 12.3 Å². The van der Waals surface area contributed by atoms with E-state index in [2.05, 4.69) is 15.4 Å². The van der Waals surface area contributed by atoms with E-state index in [0.717, 1.165) is 11.8 Å². The smallest absolute Gasteiger partial charge is 0.339 e. The Bertz CT molecular complexity index is 538. The molecule has 0 aliphatic carbocycles. The van der Waals surface area contributed by atoms with Crippen LogP contribution in [-0.2, 0) is 11.8 Å². The number of aryl methyl sites for hydroxylation is 1. The molecule has 0 radical (unpaired) electrons. The van der Waals surface area contributed by atoms with Crippen LogP contribution >= 0.6 is 11.8 Å². The highest BCUT2D eigenvalue weighted by molar-refractivity contribution is 7.99. The van der Waals surface area contributed by atoms with Gasteiger partial charge in [-0.25, -0.2) is 0 Å². The summed E-state index contributed by atoms with van der Waals surface area (Å²) in [4.78, 5) is 36.8. The van der Waals surface area contributed by atoms with Gasteiger partial charge >= 0.3 is 11.1 Å². The molecule has 0 aliphatic rings. The van der Waals surface area contributed by atoms with E-state index in [4.69, 9.17) is 5.73 Å². The fourth-order valence-corrected chi connectivity index (χ4v) is 2.22. The quantitative estimate of drug-likeness (QED) is 0.408. The lowest BCUT2D eigenvalue weighted by molar-refractivity contribution is -0.119. The number of amides is 1. The first-order chi connectivity index (χ1) is 8.45. The molecule has 0 aromatic carbocycles. The molecule has 0 aliphatic heterocycles. The van der Waals surface area contributed by atoms with Gasteiger partial charge in [0.05, 0.1) is 6.04 Å². The summed E-state index contributed by atoms with van der Waals surface area (Å²) in [6.07, 6.45) is 0. The van der Waals surface area contributed by atoms with E-state index in [1.54, 1.807) is 7.05 Å². The van der Waals surface area contributed by atoms with E-state index in [-0.39, 0.29) is 0 Å². The maximum absolute atomic E-state index is 11.1. The zero-order chi connectivity index (χ0) is 13.7. The Kier molecular flexibility index (Phi) is 5.10. The Morgan fingerprint density at radius 1 is 1.61 bits per heavy atom. The molecule has 0 bridgehead atoms. The van der Waals surface area contributed by atoms with Crippen LogP contribution in [0.5, 0.6) is 0 Å². The number of nitrogens with two attached hydrogens (primary N) is 1. The van der Waals surface area contributed by atoms with Gasteiger partial charge in [0.15, 0.2) is 5.16 Å². The Morgan fingerprint density at radius 2 is 2.28 bits per heavy atom. The van der Waals surface area contributed by atoms with Gasteiger partial charge in [-0.3, -0.25) is 24.2 Å². The molecule has 0 saturated heterocycles. The number of H-pyrrole nitrogens is 1. The second-order valence-corrected chi connectivity index (χ2v) is 4.51. The standard InChI is InChI=1S/C9H15N5O3S/c1-3-11-5(6(10)15)4-18-9-12-7(16)8(17)13-14(9)2/h5,11H,3-4H2,1-2H3,(H2,10,15)(H,13,17). The first-order valence-corrected chi connectivity index (χ1v) is 6.27. The number of nitrogens with zero attached hydrogens (tertiary/aromatic N) is 2. The number of carbonyl (C=O) groups is 1. The third kappa shape index (κ3) is 3.70. The topological polar surface area (TPSA) is 123 Å². The lowest BCUT2D eigenvalue weighted by Gasteiger charge is -2.13. The van der Waals surface area contributed by atoms with Crippen molar-refractivity contribution >= 4 is 17.7 Å². The van der Waals surface area contributed by atoms with Crippen molar-refractivity contribution in [3.63, 3.8) is 0 Å². The maximum atomic E-state index is 11.1. The number of aromatic nitrogens is 3. The second-order valence-electron chi connectivity index (χ2n) is 3.52. The van der Waals surface area contributed by atoms with Crippen molar-refractivity contribution in [3.05, 3.63) is 20.7 Å². The van der Waals surface area contributed by atoms with Gasteiger partial charge < -0.3 is 11.1 Å². The Hall–Kier alpha value is -1.61. The van der Waals surface area contributed by atoms with Gasteiger partial charge in [0.1, 0.15) is 0 Å². The minimum Gasteiger partial charge on any atom is -0.368 e. The Morgan fingerprint density at radius 3 is 2.83 bits per heavy atom. The van der Waals surface area contributed by atoms with Crippen LogP contribution in [0.15, 0.2) is 14.7 Å². The molecule has 0 saturated carbocycles. The largest absolute Gasteiger partial charge is 0.368 e. The van der Waals surface area contributed by atoms with Crippen molar-refractivity contribution in [2.24, 2.45) is 12.8 Å². The predicted octanol–water partition coefficient (Wildman–Crippen LogP) is -1.98. The normalized spacial score (nSPS) is 12.3. The zero-order valence-electron chi connectivity index (χ0n) is 10.1. The van der Waals surface area contributed by atoms with Gasteiger partial charge in [0, 0.05) is 12.8 Å². The third-order valence-corrected chi connectivity index (χ3v) is 3.24. The molecule has 1 aromatic rings. The van der Waals surface area contributed by atoms with Crippen LogP contribution in [0.25, 0.3) is 0 Å². The van der Waals surface area contributed by atoms with Crippen LogP contribution in [0.3, 0.4) is 0 Å². The van der Waals surface area contributed by atoms with Gasteiger partial charge in [-0.05, 0) is 6.54 Å². The summed E-state index contributed by atoms with van der Waals surface area (Å²) in [5, 5.41) is 5.56. The van der Waals surface area contributed by atoms with Gasteiger partial charge in [0.2, 0.25) is 5.91 Å². The molecule has 1 rings (SSSR count). The van der Waals surface area contributed by atoms with Crippen molar-refractivity contribution in [1.82, 2.24) is 20.1 Å². The number of nitrogens with one attached hydrogen (secondary N) is 2. The fraction of sp³-hybridized carbons (Fsp3) is 0.556. The average Bonchev–Trinajstić information content (AvgIpc) is 2.30. The highest BCUT2D eigenvalue weighted by Crippen LogP contribution is 2.12. The van der Waals surface area contributed by atoms with E-state index >= 15 is 0 Å². The SMILES string of the molecule is CCNC(CSc1nc(=O)c(=O)[nH]n1C)C(N)=O. The molecule has 0 spiro atoms. The van der Waals surface area contributed by atoms with Crippen LogP contribution in [-0.4, -0.2) is 39.0 Å². The van der Waals surface area contributed by atoms with Crippen LogP contribution in [0.2, 0.25) is 0 Å². The third-order valence-electron chi connectivity index (χ3n) is 2.12. The monoisotopic (exact) mass is 273 g/mol. The van der Waals surface area contributed by atoms with Gasteiger partial charge in [0.25, 0.3) is 0 Å². The van der Waals surface area contributed by atoms with Crippen molar-refractivity contribution in [2.45, 2.75) is 18.1 Å². The number of hydrogen-bond acceptors (Lipinski definition) is 6. The molecule has 8 nitrogen and oxygen atoms in total. The number of likely N-dealkylation sites (N-methyl/N-ethyl adjacent to an activating group) is 1. The van der Waals surface area contributed by atoms with Gasteiger partial charge in [-0.1, -0.05) is 18.7 Å². The van der Waals surface area contributed by atoms with Crippen LogP contribution in [0, 0.1) is 0 Å². The molecule has 1 aromatic heterocycles. The van der Waals surface area contributed by atoms with Crippen molar-refractivity contribution in [1.29, 1.82) is 0 Å². The molecule has 1 heterocycles.